The second kappa shape index (κ2) is 7.76. The maximum absolute atomic E-state index is 12.2. The minimum Gasteiger partial charge on any atom is -0.341 e. The molecule has 1 amide bonds. The maximum atomic E-state index is 12.2. The molecular formula is C16H24ClN3O. The molecule has 2 heterocycles. The van der Waals surface area contributed by atoms with Gasteiger partial charge in [0.15, 0.2) is 0 Å². The molecule has 1 aliphatic rings. The Morgan fingerprint density at radius 3 is 3.00 bits per heavy atom. The van der Waals surface area contributed by atoms with E-state index in [4.69, 9.17) is 11.6 Å². The molecule has 1 atom stereocenters. The monoisotopic (exact) mass is 309 g/mol. The zero-order valence-electron chi connectivity index (χ0n) is 12.9. The smallest absolute Gasteiger partial charge is 0.222 e. The van der Waals surface area contributed by atoms with Crippen molar-refractivity contribution in [3.8, 4) is 0 Å². The highest BCUT2D eigenvalue weighted by Crippen LogP contribution is 2.20. The first kappa shape index (κ1) is 16.2. The lowest BCUT2D eigenvalue weighted by molar-refractivity contribution is -0.130. The van der Waals surface area contributed by atoms with Gasteiger partial charge in [-0.15, -0.1) is 0 Å². The highest BCUT2D eigenvalue weighted by molar-refractivity contribution is 6.29. The van der Waals surface area contributed by atoms with Crippen molar-refractivity contribution in [1.29, 1.82) is 0 Å². The lowest BCUT2D eigenvalue weighted by Crippen LogP contribution is -2.33. The fourth-order valence-corrected chi connectivity index (χ4v) is 3.00. The van der Waals surface area contributed by atoms with Crippen molar-refractivity contribution in [3.63, 3.8) is 0 Å². The molecule has 1 aliphatic heterocycles. The molecule has 0 bridgehead atoms. The summed E-state index contributed by atoms with van der Waals surface area (Å²) < 4.78 is 0. The predicted molar refractivity (Wildman–Crippen MR) is 85.2 cm³/mol. The van der Waals surface area contributed by atoms with Gasteiger partial charge in [0.2, 0.25) is 5.91 Å². The first-order chi connectivity index (χ1) is 10.0. The molecule has 0 saturated carbocycles. The van der Waals surface area contributed by atoms with Crippen LogP contribution in [0.15, 0.2) is 18.3 Å². The van der Waals surface area contributed by atoms with Gasteiger partial charge in [0, 0.05) is 32.8 Å². The average Bonchev–Trinajstić information content (AvgIpc) is 2.47. The Morgan fingerprint density at radius 1 is 1.52 bits per heavy atom. The molecule has 1 aromatic heterocycles. The van der Waals surface area contributed by atoms with Gasteiger partial charge in [0.1, 0.15) is 5.15 Å². The van der Waals surface area contributed by atoms with E-state index in [2.05, 4.69) is 16.9 Å². The lowest BCUT2D eigenvalue weighted by Gasteiger charge is -2.29. The molecule has 116 valence electrons. The van der Waals surface area contributed by atoms with E-state index >= 15 is 0 Å². The Balaban J connectivity index is 1.75. The van der Waals surface area contributed by atoms with Crippen LogP contribution in [0.1, 0.15) is 31.2 Å². The van der Waals surface area contributed by atoms with Crippen LogP contribution < -0.4 is 0 Å². The minimum atomic E-state index is 0.207. The molecule has 5 heteroatoms. The fraction of sp³-hybridized carbons (Fsp3) is 0.625. The molecule has 1 fully saturated rings. The van der Waals surface area contributed by atoms with Crippen molar-refractivity contribution >= 4 is 17.5 Å². The van der Waals surface area contributed by atoms with Gasteiger partial charge in [-0.3, -0.25) is 4.79 Å². The van der Waals surface area contributed by atoms with E-state index in [0.29, 0.717) is 24.0 Å². The Kier molecular flexibility index (Phi) is 6.00. The van der Waals surface area contributed by atoms with E-state index < -0.39 is 0 Å². The van der Waals surface area contributed by atoms with Crippen LogP contribution in [0.2, 0.25) is 5.15 Å². The summed E-state index contributed by atoms with van der Waals surface area (Å²) in [4.78, 5) is 20.4. The van der Waals surface area contributed by atoms with E-state index in [9.17, 15) is 4.79 Å². The maximum Gasteiger partial charge on any atom is 0.222 e. The summed E-state index contributed by atoms with van der Waals surface area (Å²) >= 11 is 5.76. The van der Waals surface area contributed by atoms with Crippen molar-refractivity contribution in [3.05, 3.63) is 29.0 Å². The molecule has 0 aromatic carbocycles. The lowest BCUT2D eigenvalue weighted by atomic mass is 9.93. The Labute approximate surface area is 132 Å². The van der Waals surface area contributed by atoms with E-state index in [-0.39, 0.29) is 5.91 Å². The average molecular weight is 310 g/mol. The van der Waals surface area contributed by atoms with Gasteiger partial charge in [-0.05, 0) is 50.4 Å². The van der Waals surface area contributed by atoms with Crippen LogP contribution in [-0.2, 0) is 11.3 Å². The number of carbonyl (C=O) groups excluding carboxylic acids is 1. The van der Waals surface area contributed by atoms with Crippen LogP contribution in [0, 0.1) is 5.92 Å². The van der Waals surface area contributed by atoms with E-state index in [1.807, 2.05) is 13.1 Å². The van der Waals surface area contributed by atoms with Crippen molar-refractivity contribution in [2.24, 2.45) is 5.92 Å². The van der Waals surface area contributed by atoms with Gasteiger partial charge in [-0.2, -0.15) is 0 Å². The van der Waals surface area contributed by atoms with Crippen LogP contribution in [0.25, 0.3) is 0 Å². The highest BCUT2D eigenvalue weighted by atomic mass is 35.5. The first-order valence-corrected chi connectivity index (χ1v) is 7.95. The number of hydrogen-bond acceptors (Lipinski definition) is 3. The molecule has 1 unspecified atom stereocenters. The zero-order valence-corrected chi connectivity index (χ0v) is 13.6. The van der Waals surface area contributed by atoms with Crippen LogP contribution >= 0.6 is 11.6 Å². The van der Waals surface area contributed by atoms with Gasteiger partial charge in [0.05, 0.1) is 0 Å². The van der Waals surface area contributed by atoms with Gasteiger partial charge < -0.3 is 9.80 Å². The highest BCUT2D eigenvalue weighted by Gasteiger charge is 2.19. The van der Waals surface area contributed by atoms with Gasteiger partial charge in [-0.25, -0.2) is 4.98 Å². The summed E-state index contributed by atoms with van der Waals surface area (Å²) in [5.41, 5.74) is 1.01. The third-order valence-electron chi connectivity index (χ3n) is 4.12. The zero-order chi connectivity index (χ0) is 15.2. The van der Waals surface area contributed by atoms with Crippen LogP contribution in [0.3, 0.4) is 0 Å². The third kappa shape index (κ3) is 5.29. The van der Waals surface area contributed by atoms with Crippen LogP contribution in [-0.4, -0.2) is 47.9 Å². The largest absolute Gasteiger partial charge is 0.341 e. The number of amides is 1. The molecule has 0 spiro atoms. The summed E-state index contributed by atoms with van der Waals surface area (Å²) in [5, 5.41) is 0.481. The second-order valence-corrected chi connectivity index (χ2v) is 6.44. The van der Waals surface area contributed by atoms with Gasteiger partial charge in [-0.1, -0.05) is 17.7 Å². The number of piperidine rings is 1. The summed E-state index contributed by atoms with van der Waals surface area (Å²) in [7, 11) is 4.01. The summed E-state index contributed by atoms with van der Waals surface area (Å²) in [6, 6.07) is 3.67. The number of carbonyl (C=O) groups is 1. The van der Waals surface area contributed by atoms with Crippen LogP contribution in [0.4, 0.5) is 0 Å². The third-order valence-corrected chi connectivity index (χ3v) is 4.35. The normalized spacial score (nSPS) is 19.5. The fourth-order valence-electron chi connectivity index (χ4n) is 2.89. The van der Waals surface area contributed by atoms with E-state index in [1.165, 1.54) is 19.4 Å². The first-order valence-electron chi connectivity index (χ1n) is 7.57. The standard InChI is InChI=1S/C16H24ClN3O/c1-19-9-3-4-13(11-19)6-8-16(21)20(2)12-14-5-7-15(17)18-10-14/h5,7,10,13H,3-4,6,8-9,11-12H2,1-2H3. The minimum absolute atomic E-state index is 0.207. The molecule has 0 N–H and O–H groups in total. The number of nitrogens with zero attached hydrogens (tertiary/aromatic N) is 3. The topological polar surface area (TPSA) is 36.4 Å². The van der Waals surface area contributed by atoms with E-state index in [1.54, 1.807) is 17.2 Å². The number of hydrogen-bond donors (Lipinski definition) is 0. The quantitative estimate of drug-likeness (QED) is 0.785. The van der Waals surface area contributed by atoms with Gasteiger partial charge >= 0.3 is 0 Å². The molecule has 2 rings (SSSR count). The second-order valence-electron chi connectivity index (χ2n) is 6.05. The SMILES string of the molecule is CN1CCCC(CCC(=O)N(C)Cc2ccc(Cl)nc2)C1. The van der Waals surface area contributed by atoms with Crippen molar-refractivity contribution in [2.45, 2.75) is 32.2 Å². The Hall–Kier alpha value is -1.13. The summed E-state index contributed by atoms with van der Waals surface area (Å²) in [6.45, 7) is 2.90. The number of aromatic nitrogens is 1. The number of halogens is 1. The molecular weight excluding hydrogens is 286 g/mol. The van der Waals surface area contributed by atoms with Crippen LogP contribution in [0.5, 0.6) is 0 Å². The van der Waals surface area contributed by atoms with E-state index in [0.717, 1.165) is 18.5 Å². The Morgan fingerprint density at radius 2 is 2.33 bits per heavy atom. The summed E-state index contributed by atoms with van der Waals surface area (Å²) in [5.74, 6) is 0.872. The molecule has 1 saturated heterocycles. The van der Waals surface area contributed by atoms with Crippen molar-refractivity contribution in [1.82, 2.24) is 14.8 Å². The molecule has 0 radical (unpaired) electrons. The Bertz CT molecular complexity index is 463. The molecule has 4 nitrogen and oxygen atoms in total. The summed E-state index contributed by atoms with van der Waals surface area (Å²) in [6.07, 6.45) is 5.86. The number of rotatable bonds is 5. The van der Waals surface area contributed by atoms with Crippen molar-refractivity contribution < 1.29 is 4.79 Å². The predicted octanol–water partition coefficient (Wildman–Crippen LogP) is 2.82. The molecule has 1 aromatic rings. The number of likely N-dealkylation sites (tertiary alicyclic amines) is 1. The molecule has 21 heavy (non-hydrogen) atoms. The van der Waals surface area contributed by atoms with Gasteiger partial charge in [0.25, 0.3) is 0 Å². The van der Waals surface area contributed by atoms with Crippen molar-refractivity contribution in [2.75, 3.05) is 27.2 Å². The molecule has 0 aliphatic carbocycles. The number of pyridine rings is 1.